The van der Waals surface area contributed by atoms with Crippen molar-refractivity contribution in [1.29, 1.82) is 0 Å². The molecular formula is C10H7F3N2O. The van der Waals surface area contributed by atoms with Crippen molar-refractivity contribution in [2.45, 2.75) is 6.18 Å². The maximum atomic E-state index is 12.4. The fraction of sp³-hybridized carbons (Fsp3) is 0.200. The lowest BCUT2D eigenvalue weighted by Crippen LogP contribution is -2.05. The molecule has 16 heavy (non-hydrogen) atoms. The molecule has 2 heterocycles. The van der Waals surface area contributed by atoms with Gasteiger partial charge >= 0.3 is 6.18 Å². The fourth-order valence-corrected chi connectivity index (χ4v) is 1.26. The van der Waals surface area contributed by atoms with E-state index < -0.39 is 11.7 Å². The van der Waals surface area contributed by atoms with Crippen LogP contribution in [0.3, 0.4) is 0 Å². The summed E-state index contributed by atoms with van der Waals surface area (Å²) in [6, 6.07) is 3.99. The lowest BCUT2D eigenvalue weighted by atomic mass is 10.2. The summed E-state index contributed by atoms with van der Waals surface area (Å²) in [5.41, 5.74) is -0.556. The summed E-state index contributed by atoms with van der Waals surface area (Å²) in [6.45, 7) is 0. The Morgan fingerprint density at radius 2 is 2.00 bits per heavy atom. The molecule has 3 nitrogen and oxygen atoms in total. The van der Waals surface area contributed by atoms with Crippen LogP contribution in [-0.2, 0) is 6.18 Å². The van der Waals surface area contributed by atoms with Gasteiger partial charge in [0.2, 0.25) is 5.88 Å². The van der Waals surface area contributed by atoms with Crippen LogP contribution in [0.1, 0.15) is 5.56 Å². The molecule has 0 aliphatic heterocycles. The van der Waals surface area contributed by atoms with Gasteiger partial charge in [0.15, 0.2) is 5.65 Å². The smallest absolute Gasteiger partial charge is 0.417 e. The molecule has 0 amide bonds. The number of halogens is 3. The fourth-order valence-electron chi connectivity index (χ4n) is 1.26. The second-order valence-electron chi connectivity index (χ2n) is 3.12. The summed E-state index contributed by atoms with van der Waals surface area (Å²) < 4.78 is 42.0. The number of pyridine rings is 2. The van der Waals surface area contributed by atoms with E-state index in [1.165, 1.54) is 19.2 Å². The van der Waals surface area contributed by atoms with Gasteiger partial charge in [-0.2, -0.15) is 18.2 Å². The van der Waals surface area contributed by atoms with Gasteiger partial charge < -0.3 is 4.74 Å². The normalized spacial score (nSPS) is 11.8. The van der Waals surface area contributed by atoms with Crippen molar-refractivity contribution in [2.24, 2.45) is 0 Å². The maximum Gasteiger partial charge on any atom is 0.417 e. The molecule has 0 radical (unpaired) electrons. The summed E-state index contributed by atoms with van der Waals surface area (Å²) in [5.74, 6) is 0.319. The molecule has 0 spiro atoms. The molecule has 2 aromatic rings. The van der Waals surface area contributed by atoms with E-state index in [0.29, 0.717) is 11.3 Å². The van der Waals surface area contributed by atoms with Gasteiger partial charge in [0.25, 0.3) is 0 Å². The molecule has 0 atom stereocenters. The summed E-state index contributed by atoms with van der Waals surface area (Å²) in [5, 5.41) is 0.329. The highest BCUT2D eigenvalue weighted by Crippen LogP contribution is 2.30. The quantitative estimate of drug-likeness (QED) is 0.752. The maximum absolute atomic E-state index is 12.4. The third kappa shape index (κ3) is 1.91. The largest absolute Gasteiger partial charge is 0.481 e. The zero-order valence-electron chi connectivity index (χ0n) is 8.25. The Hall–Kier alpha value is -1.85. The van der Waals surface area contributed by atoms with Crippen molar-refractivity contribution in [1.82, 2.24) is 9.97 Å². The summed E-state index contributed by atoms with van der Waals surface area (Å²) in [4.78, 5) is 7.56. The van der Waals surface area contributed by atoms with Gasteiger partial charge in [-0.1, -0.05) is 0 Å². The molecule has 0 aliphatic carbocycles. The second kappa shape index (κ2) is 3.62. The Labute approximate surface area is 88.9 Å². The number of nitrogens with zero attached hydrogens (tertiary/aromatic N) is 2. The zero-order chi connectivity index (χ0) is 11.8. The second-order valence-corrected chi connectivity index (χ2v) is 3.12. The average Bonchev–Trinajstić information content (AvgIpc) is 2.26. The molecule has 2 rings (SSSR count). The summed E-state index contributed by atoms with van der Waals surface area (Å²) in [7, 11) is 1.43. The first-order valence-electron chi connectivity index (χ1n) is 4.39. The SMILES string of the molecule is COc1ccc2cc(C(F)(F)F)cnc2n1. The number of hydrogen-bond donors (Lipinski definition) is 0. The Morgan fingerprint density at radius 1 is 1.25 bits per heavy atom. The molecule has 0 bridgehead atoms. The molecule has 0 aromatic carbocycles. The van der Waals surface area contributed by atoms with Crippen LogP contribution in [0.25, 0.3) is 11.0 Å². The summed E-state index contributed by atoms with van der Waals surface area (Å²) >= 11 is 0. The molecule has 2 aromatic heterocycles. The minimum atomic E-state index is -4.39. The summed E-state index contributed by atoms with van der Waals surface area (Å²) in [6.07, 6.45) is -3.63. The number of hydrogen-bond acceptors (Lipinski definition) is 3. The molecule has 84 valence electrons. The standard InChI is InChI=1S/C10H7F3N2O/c1-16-8-3-2-6-4-7(10(11,12)13)5-14-9(6)15-8/h2-5H,1H3. The number of ether oxygens (including phenoxy) is 1. The lowest BCUT2D eigenvalue weighted by Gasteiger charge is -2.07. The van der Waals surface area contributed by atoms with Gasteiger partial charge in [0.1, 0.15) is 0 Å². The number of alkyl halides is 3. The molecular weight excluding hydrogens is 221 g/mol. The molecule has 0 unspecified atom stereocenters. The van der Waals surface area contributed by atoms with Crippen LogP contribution >= 0.6 is 0 Å². The van der Waals surface area contributed by atoms with Crippen LogP contribution in [0.4, 0.5) is 13.2 Å². The molecule has 0 fully saturated rings. The Morgan fingerprint density at radius 3 is 2.62 bits per heavy atom. The predicted molar refractivity (Wildman–Crippen MR) is 51.1 cm³/mol. The van der Waals surface area contributed by atoms with Crippen molar-refractivity contribution >= 4 is 11.0 Å². The van der Waals surface area contributed by atoms with Crippen LogP contribution in [0.15, 0.2) is 24.4 Å². The Kier molecular flexibility index (Phi) is 2.41. The van der Waals surface area contributed by atoms with Crippen molar-refractivity contribution in [3.05, 3.63) is 30.0 Å². The minimum Gasteiger partial charge on any atom is -0.481 e. The Bertz CT molecular complexity index is 525. The zero-order valence-corrected chi connectivity index (χ0v) is 8.25. The molecule has 0 aliphatic rings. The van der Waals surface area contributed by atoms with E-state index in [9.17, 15) is 13.2 Å². The van der Waals surface area contributed by atoms with E-state index >= 15 is 0 Å². The lowest BCUT2D eigenvalue weighted by molar-refractivity contribution is -0.137. The van der Waals surface area contributed by atoms with E-state index in [1.54, 1.807) is 0 Å². The van der Waals surface area contributed by atoms with Crippen LogP contribution in [-0.4, -0.2) is 17.1 Å². The van der Waals surface area contributed by atoms with E-state index in [1.807, 2.05) is 0 Å². The van der Waals surface area contributed by atoms with E-state index in [-0.39, 0.29) is 5.65 Å². The van der Waals surface area contributed by atoms with E-state index in [4.69, 9.17) is 4.74 Å². The van der Waals surface area contributed by atoms with Crippen molar-refractivity contribution in [3.63, 3.8) is 0 Å². The van der Waals surface area contributed by atoms with Crippen molar-refractivity contribution in [2.75, 3.05) is 7.11 Å². The van der Waals surface area contributed by atoms with Gasteiger partial charge in [-0.25, -0.2) is 4.98 Å². The Balaban J connectivity index is 2.56. The van der Waals surface area contributed by atoms with Crippen LogP contribution in [0, 0.1) is 0 Å². The third-order valence-electron chi connectivity index (χ3n) is 2.05. The first kappa shape index (κ1) is 10.7. The minimum absolute atomic E-state index is 0.229. The monoisotopic (exact) mass is 228 g/mol. The first-order valence-corrected chi connectivity index (χ1v) is 4.39. The number of aromatic nitrogens is 2. The topological polar surface area (TPSA) is 35.0 Å². The highest BCUT2D eigenvalue weighted by molar-refractivity contribution is 5.75. The number of methoxy groups -OCH3 is 1. The van der Waals surface area contributed by atoms with Gasteiger partial charge in [0.05, 0.1) is 12.7 Å². The van der Waals surface area contributed by atoms with Crippen LogP contribution in [0.2, 0.25) is 0 Å². The average molecular weight is 228 g/mol. The molecule has 0 saturated carbocycles. The highest BCUT2D eigenvalue weighted by atomic mass is 19.4. The third-order valence-corrected chi connectivity index (χ3v) is 2.05. The van der Waals surface area contributed by atoms with E-state index in [2.05, 4.69) is 9.97 Å². The van der Waals surface area contributed by atoms with Crippen molar-refractivity contribution in [3.8, 4) is 5.88 Å². The van der Waals surface area contributed by atoms with Gasteiger partial charge in [-0.05, 0) is 12.1 Å². The number of rotatable bonds is 1. The first-order chi connectivity index (χ1) is 7.50. The highest BCUT2D eigenvalue weighted by Gasteiger charge is 2.31. The molecule has 0 saturated heterocycles. The van der Waals surface area contributed by atoms with E-state index in [0.717, 1.165) is 12.3 Å². The molecule has 6 heteroatoms. The van der Waals surface area contributed by atoms with Gasteiger partial charge in [-0.3, -0.25) is 0 Å². The molecule has 0 N–H and O–H groups in total. The number of fused-ring (bicyclic) bond motifs is 1. The van der Waals surface area contributed by atoms with Crippen LogP contribution < -0.4 is 4.74 Å². The van der Waals surface area contributed by atoms with Crippen molar-refractivity contribution < 1.29 is 17.9 Å². The van der Waals surface area contributed by atoms with Gasteiger partial charge in [0, 0.05) is 17.6 Å². The van der Waals surface area contributed by atoms with Gasteiger partial charge in [-0.15, -0.1) is 0 Å². The van der Waals surface area contributed by atoms with Crippen LogP contribution in [0.5, 0.6) is 5.88 Å². The predicted octanol–water partition coefficient (Wildman–Crippen LogP) is 2.66.